The van der Waals surface area contributed by atoms with Gasteiger partial charge in [0.2, 0.25) is 11.8 Å². The van der Waals surface area contributed by atoms with Crippen molar-refractivity contribution in [3.63, 3.8) is 0 Å². The summed E-state index contributed by atoms with van der Waals surface area (Å²) in [5, 5.41) is 28.9. The van der Waals surface area contributed by atoms with E-state index < -0.39 is 87.0 Å². The number of carbonyl (C=O) groups is 5. The average Bonchev–Trinajstić information content (AvgIpc) is 3.24. The Hall–Kier alpha value is -2.64. The molecule has 38 heavy (non-hydrogen) atoms. The fraction of sp³-hybridized carbons (Fsp3) is 0.737. The molecule has 7 N–H and O–H groups in total. The first-order chi connectivity index (χ1) is 17.1. The van der Waals surface area contributed by atoms with E-state index in [1.807, 2.05) is 0 Å². The van der Waals surface area contributed by atoms with Crippen molar-refractivity contribution in [3.8, 4) is 0 Å². The van der Waals surface area contributed by atoms with Crippen LogP contribution < -0.4 is 16.2 Å². The molecular formula is C19H30F3N3O11S2. The van der Waals surface area contributed by atoms with Crippen LogP contribution in [0.5, 0.6) is 0 Å². The minimum atomic E-state index is -5.19. The van der Waals surface area contributed by atoms with E-state index in [0.29, 0.717) is 6.42 Å². The van der Waals surface area contributed by atoms with Gasteiger partial charge in [-0.05, 0) is 12.3 Å². The maximum atomic E-state index is 13.1. The molecule has 0 bridgehead atoms. The monoisotopic (exact) mass is 597 g/mol. The zero-order valence-electron chi connectivity index (χ0n) is 20.3. The molecule has 0 aromatic rings. The number of halogens is 3. The fourth-order valence-electron chi connectivity index (χ4n) is 3.38. The van der Waals surface area contributed by atoms with Crippen LogP contribution in [0.1, 0.15) is 33.1 Å². The van der Waals surface area contributed by atoms with Crippen LogP contribution in [-0.4, -0.2) is 99.7 Å². The Morgan fingerprint density at radius 3 is 2.05 bits per heavy atom. The van der Waals surface area contributed by atoms with Gasteiger partial charge in [0.05, 0.1) is 11.7 Å². The summed E-state index contributed by atoms with van der Waals surface area (Å²) in [6.45, 7) is 3.37. The number of aliphatic carboxylic acids is 3. The second-order valence-corrected chi connectivity index (χ2v) is 10.6. The quantitative estimate of drug-likeness (QED) is 0.106. The second kappa shape index (κ2) is 14.5. The number of carbonyl (C=O) groups excluding carboxylic acids is 3. The number of hydrogen-bond donors (Lipinski definition) is 6. The number of rotatable bonds is 11. The number of nitrogens with zero attached hydrogens (tertiary/aromatic N) is 1. The summed E-state index contributed by atoms with van der Waals surface area (Å²) in [4.78, 5) is 58.5. The molecule has 1 aliphatic rings. The molecule has 0 unspecified atom stereocenters. The van der Waals surface area contributed by atoms with E-state index in [1.54, 1.807) is 13.8 Å². The van der Waals surface area contributed by atoms with Gasteiger partial charge in [-0.3, -0.25) is 18.9 Å². The molecule has 220 valence electrons. The number of quaternary nitrogens is 1. The SMILES string of the molecule is CC[C@H](C)[C@H](NC(=O)[C@@H](S)[C@H]([NH3+])CCS(=O)(=O)O)C(=O)N1CC[C@H](C(=O)O)[C@H]1C(=O)O.O=C([O-])C(F)(F)F. The summed E-state index contributed by atoms with van der Waals surface area (Å²) < 4.78 is 62.2. The van der Waals surface area contributed by atoms with Crippen molar-refractivity contribution in [1.29, 1.82) is 0 Å². The molecule has 0 aromatic carbocycles. The highest BCUT2D eigenvalue weighted by molar-refractivity contribution is 7.85. The lowest BCUT2D eigenvalue weighted by Crippen LogP contribution is -2.69. The third-order valence-corrected chi connectivity index (χ3v) is 7.13. The fourth-order valence-corrected chi connectivity index (χ4v) is 4.20. The van der Waals surface area contributed by atoms with Gasteiger partial charge < -0.3 is 36.1 Å². The highest BCUT2D eigenvalue weighted by atomic mass is 32.2. The summed E-state index contributed by atoms with van der Waals surface area (Å²) in [7, 11) is -4.24. The van der Waals surface area contributed by atoms with Gasteiger partial charge in [0, 0.05) is 13.0 Å². The van der Waals surface area contributed by atoms with E-state index in [1.165, 1.54) is 0 Å². The summed E-state index contributed by atoms with van der Waals surface area (Å²) in [5.41, 5.74) is 3.67. The zero-order valence-corrected chi connectivity index (χ0v) is 22.0. The second-order valence-electron chi connectivity index (χ2n) is 8.48. The van der Waals surface area contributed by atoms with Crippen molar-refractivity contribution in [1.82, 2.24) is 10.2 Å². The summed E-state index contributed by atoms with van der Waals surface area (Å²) in [5.74, 6) is -9.45. The molecule has 0 radical (unpaired) electrons. The number of nitrogens with one attached hydrogen (secondary N) is 1. The molecule has 1 saturated heterocycles. The Bertz CT molecular complexity index is 994. The van der Waals surface area contributed by atoms with Gasteiger partial charge in [0.15, 0.2) is 0 Å². The molecule has 1 rings (SSSR count). The Morgan fingerprint density at radius 1 is 1.18 bits per heavy atom. The topological polar surface area (TPSA) is 246 Å². The third kappa shape index (κ3) is 11.0. The molecule has 6 atom stereocenters. The largest absolute Gasteiger partial charge is 0.542 e. The molecule has 0 saturated carbocycles. The first kappa shape index (κ1) is 35.4. The maximum absolute atomic E-state index is 13.1. The Morgan fingerprint density at radius 2 is 1.68 bits per heavy atom. The van der Waals surface area contributed by atoms with Gasteiger partial charge in [-0.15, -0.1) is 0 Å². The number of alkyl halides is 3. The molecule has 2 amide bonds. The number of amides is 2. The lowest BCUT2D eigenvalue weighted by molar-refractivity contribution is -0.416. The molecular weight excluding hydrogens is 567 g/mol. The predicted molar refractivity (Wildman–Crippen MR) is 122 cm³/mol. The van der Waals surface area contributed by atoms with Gasteiger partial charge in [-0.25, -0.2) is 4.79 Å². The number of hydrogen-bond acceptors (Lipinski definition) is 9. The van der Waals surface area contributed by atoms with Gasteiger partial charge in [0.1, 0.15) is 29.3 Å². The van der Waals surface area contributed by atoms with Crippen LogP contribution in [0.2, 0.25) is 0 Å². The highest BCUT2D eigenvalue weighted by Crippen LogP contribution is 2.27. The molecule has 19 heteroatoms. The molecule has 14 nitrogen and oxygen atoms in total. The molecule has 1 fully saturated rings. The maximum Gasteiger partial charge on any atom is 0.430 e. The molecule has 1 heterocycles. The van der Waals surface area contributed by atoms with Crippen molar-refractivity contribution >= 4 is 52.5 Å². The van der Waals surface area contributed by atoms with Crippen LogP contribution in [0.15, 0.2) is 0 Å². The van der Waals surface area contributed by atoms with E-state index in [4.69, 9.17) is 14.5 Å². The van der Waals surface area contributed by atoms with Crippen molar-refractivity contribution < 1.29 is 71.2 Å². The predicted octanol–water partition coefficient (Wildman–Crippen LogP) is -2.61. The van der Waals surface area contributed by atoms with Crippen molar-refractivity contribution in [2.24, 2.45) is 11.8 Å². The van der Waals surface area contributed by atoms with E-state index >= 15 is 0 Å². The van der Waals surface area contributed by atoms with E-state index in [0.717, 1.165) is 4.90 Å². The lowest BCUT2D eigenvalue weighted by atomic mass is 9.96. The standard InChI is InChI=1S/C17H29N3O9S2.C2HF3O2/c1-3-8(2)11(19-14(21)13(30)10(18)5-7-31(27,28)29)15(22)20-6-4-9(16(23)24)12(20)17(25)26;3-2(4,5)1(6)7/h8-13,30H,3-7,18H2,1-2H3,(H,19,21)(H,23,24)(H,25,26)(H,27,28,29);(H,6,7)/t8-,9-,10+,11-,12-,13-;/m0./s1. The van der Waals surface area contributed by atoms with Crippen LogP contribution in [0, 0.1) is 11.8 Å². The lowest BCUT2D eigenvalue weighted by Gasteiger charge is -2.31. The molecule has 0 aliphatic carbocycles. The normalized spacial score (nSPS) is 20.8. The molecule has 0 aromatic heterocycles. The van der Waals surface area contributed by atoms with Crippen LogP contribution in [0.4, 0.5) is 13.2 Å². The van der Waals surface area contributed by atoms with Crippen LogP contribution >= 0.6 is 12.6 Å². The van der Waals surface area contributed by atoms with E-state index in [9.17, 15) is 51.0 Å². The zero-order chi connectivity index (χ0) is 30.2. The van der Waals surface area contributed by atoms with E-state index in [-0.39, 0.29) is 19.4 Å². The number of likely N-dealkylation sites (tertiary alicyclic amines) is 1. The van der Waals surface area contributed by atoms with Gasteiger partial charge in [-0.2, -0.15) is 34.2 Å². The van der Waals surface area contributed by atoms with Crippen molar-refractivity contribution in [3.05, 3.63) is 0 Å². The summed E-state index contributed by atoms with van der Waals surface area (Å²) in [6, 6.07) is -3.47. The highest BCUT2D eigenvalue weighted by Gasteiger charge is 2.48. The first-order valence-electron chi connectivity index (χ1n) is 11.0. The molecule has 0 spiro atoms. The van der Waals surface area contributed by atoms with Crippen molar-refractivity contribution in [2.45, 2.75) is 62.7 Å². The van der Waals surface area contributed by atoms with Crippen LogP contribution in [0.3, 0.4) is 0 Å². The van der Waals surface area contributed by atoms with Crippen molar-refractivity contribution in [2.75, 3.05) is 12.3 Å². The first-order valence-corrected chi connectivity index (χ1v) is 13.1. The smallest absolute Gasteiger partial charge is 0.430 e. The Kier molecular flexibility index (Phi) is 13.5. The van der Waals surface area contributed by atoms with Gasteiger partial charge in [0.25, 0.3) is 10.1 Å². The molecule has 1 aliphatic heterocycles. The van der Waals surface area contributed by atoms with E-state index in [2.05, 4.69) is 23.7 Å². The van der Waals surface area contributed by atoms with Crippen LogP contribution in [-0.2, 0) is 34.1 Å². The summed E-state index contributed by atoms with van der Waals surface area (Å²) >= 11 is 4.14. The number of carboxylic acids is 3. The summed E-state index contributed by atoms with van der Waals surface area (Å²) in [6.07, 6.45) is -4.90. The number of carboxylic acid groups (broad SMARTS) is 3. The Labute approximate surface area is 220 Å². The Balaban J connectivity index is 0.00000171. The number of thiol groups is 1. The van der Waals surface area contributed by atoms with Crippen LogP contribution in [0.25, 0.3) is 0 Å². The van der Waals surface area contributed by atoms with Gasteiger partial charge in [-0.1, -0.05) is 20.3 Å². The third-order valence-electron chi connectivity index (χ3n) is 5.72. The van der Waals surface area contributed by atoms with Gasteiger partial charge >= 0.3 is 18.1 Å². The minimum Gasteiger partial charge on any atom is -0.542 e. The average molecular weight is 598 g/mol. The minimum absolute atomic E-state index is 0.0228.